The summed E-state index contributed by atoms with van der Waals surface area (Å²) in [6, 6.07) is 21.5. The van der Waals surface area contributed by atoms with Gasteiger partial charge in [0, 0.05) is 30.0 Å². The Morgan fingerprint density at radius 1 is 1.03 bits per heavy atom. The average molecular weight is 476 g/mol. The lowest BCUT2D eigenvalue weighted by atomic mass is 10.0. The van der Waals surface area contributed by atoms with Gasteiger partial charge >= 0.3 is 0 Å². The van der Waals surface area contributed by atoms with Crippen molar-refractivity contribution in [3.63, 3.8) is 0 Å². The average Bonchev–Trinajstić information content (AvgIpc) is 3.43. The third-order valence-electron chi connectivity index (χ3n) is 5.74. The van der Waals surface area contributed by atoms with E-state index < -0.39 is 0 Å². The number of methoxy groups -OCH3 is 1. The van der Waals surface area contributed by atoms with E-state index in [4.69, 9.17) is 28.6 Å². The van der Waals surface area contributed by atoms with E-state index in [1.54, 1.807) is 13.3 Å². The molecule has 1 aromatic carbocycles. The Morgan fingerprint density at radius 2 is 1.85 bits per heavy atom. The molecule has 1 saturated heterocycles. The highest BCUT2D eigenvalue weighted by atomic mass is 35.5. The van der Waals surface area contributed by atoms with Crippen LogP contribution in [-0.4, -0.2) is 26.8 Å². The molecule has 3 aromatic heterocycles. The van der Waals surface area contributed by atoms with Gasteiger partial charge in [-0.25, -0.2) is 0 Å². The van der Waals surface area contributed by atoms with Crippen LogP contribution in [-0.2, 0) is 6.54 Å². The first-order chi connectivity index (χ1) is 16.2. The number of rotatable bonds is 6. The predicted molar refractivity (Wildman–Crippen MR) is 134 cm³/mol. The number of anilines is 1. The first-order valence-electron chi connectivity index (χ1n) is 10.5. The predicted octanol–water partition coefficient (Wildman–Crippen LogP) is 5.17. The van der Waals surface area contributed by atoms with Gasteiger partial charge in [-0.1, -0.05) is 23.7 Å². The summed E-state index contributed by atoms with van der Waals surface area (Å²) in [6.45, 7) is 0.651. The third kappa shape index (κ3) is 4.17. The molecule has 2 atom stereocenters. The summed E-state index contributed by atoms with van der Waals surface area (Å²) >= 11 is 12.3. The van der Waals surface area contributed by atoms with Crippen molar-refractivity contribution in [1.82, 2.24) is 19.9 Å². The number of nitrogens with one attached hydrogen (secondary N) is 1. The molecule has 0 saturated carbocycles. The van der Waals surface area contributed by atoms with E-state index in [1.807, 2.05) is 66.9 Å². The molecule has 0 amide bonds. The van der Waals surface area contributed by atoms with Crippen LogP contribution in [0.4, 0.5) is 5.69 Å². The Hall–Kier alpha value is -3.42. The van der Waals surface area contributed by atoms with Crippen molar-refractivity contribution in [2.24, 2.45) is 0 Å². The number of benzene rings is 1. The van der Waals surface area contributed by atoms with E-state index in [1.165, 1.54) is 0 Å². The van der Waals surface area contributed by atoms with Crippen molar-refractivity contribution in [3.8, 4) is 5.75 Å². The molecule has 5 rings (SSSR count). The number of ether oxygens (including phenoxy) is 1. The molecule has 6 nitrogen and oxygen atoms in total. The van der Waals surface area contributed by atoms with Gasteiger partial charge in [0.05, 0.1) is 36.1 Å². The fourth-order valence-corrected chi connectivity index (χ4v) is 4.84. The number of thiocarbonyl (C=S) groups is 1. The maximum Gasteiger partial charge on any atom is 0.174 e. The van der Waals surface area contributed by atoms with Crippen molar-refractivity contribution in [2.75, 3.05) is 12.0 Å². The minimum absolute atomic E-state index is 0.142. The van der Waals surface area contributed by atoms with Crippen molar-refractivity contribution in [2.45, 2.75) is 18.6 Å². The van der Waals surface area contributed by atoms with E-state index in [-0.39, 0.29) is 12.1 Å². The second-order valence-corrected chi connectivity index (χ2v) is 8.49. The van der Waals surface area contributed by atoms with E-state index in [0.717, 1.165) is 22.8 Å². The lowest BCUT2D eigenvalue weighted by Gasteiger charge is -2.29. The molecule has 0 spiro atoms. The lowest BCUT2D eigenvalue weighted by Crippen LogP contribution is -2.30. The summed E-state index contributed by atoms with van der Waals surface area (Å²) in [4.78, 5) is 11.2. The van der Waals surface area contributed by atoms with Crippen molar-refractivity contribution in [1.29, 1.82) is 0 Å². The van der Waals surface area contributed by atoms with Crippen LogP contribution in [0.25, 0.3) is 0 Å². The van der Waals surface area contributed by atoms with Gasteiger partial charge in [0.1, 0.15) is 11.8 Å². The van der Waals surface area contributed by atoms with E-state index >= 15 is 0 Å². The molecule has 1 aliphatic rings. The molecule has 8 heteroatoms. The fraction of sp³-hybridized carbons (Fsp3) is 0.160. The van der Waals surface area contributed by atoms with Gasteiger partial charge in [0.25, 0.3) is 0 Å². The monoisotopic (exact) mass is 475 g/mol. The summed E-state index contributed by atoms with van der Waals surface area (Å²) < 4.78 is 7.55. The number of hydrogen-bond acceptors (Lipinski definition) is 4. The number of aromatic nitrogens is 3. The van der Waals surface area contributed by atoms with Gasteiger partial charge in [0.2, 0.25) is 0 Å². The van der Waals surface area contributed by atoms with E-state index in [0.29, 0.717) is 22.4 Å². The topological polar surface area (TPSA) is 55.2 Å². The highest BCUT2D eigenvalue weighted by molar-refractivity contribution is 7.80. The van der Waals surface area contributed by atoms with Crippen LogP contribution in [0.3, 0.4) is 0 Å². The number of pyridine rings is 2. The maximum atomic E-state index is 6.48. The Bertz CT molecular complexity index is 1260. The van der Waals surface area contributed by atoms with Gasteiger partial charge in [-0.15, -0.1) is 0 Å². The molecular weight excluding hydrogens is 454 g/mol. The quantitative estimate of drug-likeness (QED) is 0.388. The van der Waals surface area contributed by atoms with Crippen molar-refractivity contribution in [3.05, 3.63) is 107 Å². The minimum Gasteiger partial charge on any atom is -0.495 e. The number of nitrogens with zero attached hydrogens (tertiary/aromatic N) is 4. The lowest BCUT2D eigenvalue weighted by molar-refractivity contribution is 0.415. The van der Waals surface area contributed by atoms with Gasteiger partial charge in [-0.05, 0) is 66.8 Å². The smallest absolute Gasteiger partial charge is 0.174 e. The summed E-state index contributed by atoms with van der Waals surface area (Å²) in [6.07, 6.45) is 5.68. The molecule has 1 fully saturated rings. The van der Waals surface area contributed by atoms with Gasteiger partial charge in [-0.3, -0.25) is 9.97 Å². The zero-order chi connectivity index (χ0) is 22.8. The minimum atomic E-state index is -0.143. The summed E-state index contributed by atoms with van der Waals surface area (Å²) in [5, 5.41) is 4.63. The molecule has 166 valence electrons. The van der Waals surface area contributed by atoms with Crippen LogP contribution in [0.15, 0.2) is 85.3 Å². The van der Waals surface area contributed by atoms with Crippen LogP contribution in [0, 0.1) is 0 Å². The van der Waals surface area contributed by atoms with Crippen molar-refractivity contribution < 1.29 is 4.74 Å². The Kier molecular flexibility index (Phi) is 5.98. The molecule has 0 radical (unpaired) electrons. The number of halogens is 1. The second-order valence-electron chi connectivity index (χ2n) is 7.70. The first-order valence-corrected chi connectivity index (χ1v) is 11.3. The molecule has 4 heterocycles. The van der Waals surface area contributed by atoms with E-state index in [9.17, 15) is 0 Å². The van der Waals surface area contributed by atoms with Crippen LogP contribution >= 0.6 is 23.8 Å². The first kappa shape index (κ1) is 21.4. The largest absolute Gasteiger partial charge is 0.495 e. The normalized spacial score (nSPS) is 17.8. The standard InChI is InChI=1S/C25H22ClN5OS/c1-32-22-11-10-18(15-19(22)26)31-24(23(29-25(31)33)20-8-3-5-13-28-20)21-9-6-14-30(21)16-17-7-2-4-12-27-17/h2-15,23-24H,16H2,1H3,(H,29,33)/t23-,24-/m1/s1. The van der Waals surface area contributed by atoms with Crippen LogP contribution < -0.4 is 15.0 Å². The highest BCUT2D eigenvalue weighted by Crippen LogP contribution is 2.43. The SMILES string of the molecule is COc1ccc(N2C(=S)N[C@H](c3ccccn3)[C@H]2c2cccn2Cc2ccccn2)cc1Cl. The highest BCUT2D eigenvalue weighted by Gasteiger charge is 2.42. The third-order valence-corrected chi connectivity index (χ3v) is 6.35. The zero-order valence-corrected chi connectivity index (χ0v) is 19.5. The van der Waals surface area contributed by atoms with Crippen LogP contribution in [0.1, 0.15) is 29.2 Å². The zero-order valence-electron chi connectivity index (χ0n) is 17.9. The van der Waals surface area contributed by atoms with Gasteiger partial charge in [0.15, 0.2) is 5.11 Å². The maximum absolute atomic E-state index is 6.48. The summed E-state index contributed by atoms with van der Waals surface area (Å²) in [5.41, 5.74) is 3.87. The van der Waals surface area contributed by atoms with Gasteiger partial charge in [-0.2, -0.15) is 0 Å². The molecule has 0 bridgehead atoms. The van der Waals surface area contributed by atoms with Crippen molar-refractivity contribution >= 4 is 34.6 Å². The second kappa shape index (κ2) is 9.21. The molecule has 1 aliphatic heterocycles. The molecule has 0 unspecified atom stereocenters. The Balaban J connectivity index is 1.60. The Labute approximate surface area is 202 Å². The molecular formula is C25H22ClN5OS. The summed E-state index contributed by atoms with van der Waals surface area (Å²) in [7, 11) is 1.60. The number of hydrogen-bond donors (Lipinski definition) is 1. The molecule has 0 aliphatic carbocycles. The van der Waals surface area contributed by atoms with Gasteiger partial charge < -0.3 is 19.5 Å². The van der Waals surface area contributed by atoms with Crippen LogP contribution in [0.2, 0.25) is 5.02 Å². The molecule has 4 aromatic rings. The Morgan fingerprint density at radius 3 is 2.55 bits per heavy atom. The van der Waals surface area contributed by atoms with E-state index in [2.05, 4.69) is 37.0 Å². The molecule has 33 heavy (non-hydrogen) atoms. The van der Waals surface area contributed by atoms with Crippen LogP contribution in [0.5, 0.6) is 5.75 Å². The molecule has 1 N–H and O–H groups in total. The fourth-order valence-electron chi connectivity index (χ4n) is 4.24. The summed E-state index contributed by atoms with van der Waals surface area (Å²) in [5.74, 6) is 0.620.